The molecule has 0 aliphatic heterocycles. The molecule has 0 aliphatic carbocycles. The van der Waals surface area contributed by atoms with Gasteiger partial charge in [0.2, 0.25) is 0 Å². The molecule has 0 radical (unpaired) electrons. The van der Waals surface area contributed by atoms with E-state index in [0.29, 0.717) is 5.82 Å². The van der Waals surface area contributed by atoms with Crippen LogP contribution in [-0.4, -0.2) is 20.0 Å². The Labute approximate surface area is 87.9 Å². The number of hydrogen-bond acceptors (Lipinski definition) is 4. The van der Waals surface area contributed by atoms with Crippen LogP contribution in [0.15, 0.2) is 24.5 Å². The molecule has 0 bridgehead atoms. The van der Waals surface area contributed by atoms with Crippen LogP contribution in [0.5, 0.6) is 0 Å². The zero-order valence-electron chi connectivity index (χ0n) is 8.75. The molecule has 2 N–H and O–H groups in total. The minimum Gasteiger partial charge on any atom is -0.381 e. The molecule has 0 atom stereocenters. The molecule has 0 fully saturated rings. The molecule has 5 nitrogen and oxygen atoms in total. The molecule has 2 aromatic heterocycles. The summed E-state index contributed by atoms with van der Waals surface area (Å²) < 4.78 is 1.73. The van der Waals surface area contributed by atoms with Gasteiger partial charge < -0.3 is 5.73 Å². The Kier molecular flexibility index (Phi) is 2.37. The van der Waals surface area contributed by atoms with Crippen LogP contribution in [0.25, 0.3) is 5.69 Å². The van der Waals surface area contributed by atoms with Crippen LogP contribution in [0.4, 0.5) is 5.82 Å². The third kappa shape index (κ3) is 1.68. The summed E-state index contributed by atoms with van der Waals surface area (Å²) in [6, 6.07) is 3.78. The minimum atomic E-state index is 0.278. The van der Waals surface area contributed by atoms with Gasteiger partial charge in [-0.25, -0.2) is 4.68 Å². The molecule has 2 rings (SSSR count). The number of nitrogens with two attached hydrogens (primary N) is 1. The van der Waals surface area contributed by atoms with Gasteiger partial charge in [-0.1, -0.05) is 19.1 Å². The molecule has 0 spiro atoms. The van der Waals surface area contributed by atoms with Crippen LogP contribution in [0, 0.1) is 0 Å². The van der Waals surface area contributed by atoms with Gasteiger partial charge in [0.1, 0.15) is 0 Å². The number of anilines is 1. The van der Waals surface area contributed by atoms with Crippen molar-refractivity contribution in [3.05, 3.63) is 30.2 Å². The number of pyridine rings is 1. The van der Waals surface area contributed by atoms with Gasteiger partial charge in [-0.3, -0.25) is 4.98 Å². The van der Waals surface area contributed by atoms with E-state index in [1.807, 2.05) is 12.1 Å². The van der Waals surface area contributed by atoms with Crippen LogP contribution in [0.3, 0.4) is 0 Å². The van der Waals surface area contributed by atoms with Crippen LogP contribution < -0.4 is 5.73 Å². The topological polar surface area (TPSA) is 69.6 Å². The van der Waals surface area contributed by atoms with Crippen molar-refractivity contribution in [2.75, 3.05) is 5.73 Å². The Morgan fingerprint density at radius 3 is 2.80 bits per heavy atom. The van der Waals surface area contributed by atoms with Crippen molar-refractivity contribution in [1.29, 1.82) is 0 Å². The van der Waals surface area contributed by atoms with Crippen molar-refractivity contribution in [1.82, 2.24) is 20.0 Å². The van der Waals surface area contributed by atoms with Gasteiger partial charge in [0.05, 0.1) is 17.6 Å². The van der Waals surface area contributed by atoms with Crippen LogP contribution >= 0.6 is 0 Å². The number of hydrogen-bond donors (Lipinski definition) is 1. The van der Waals surface area contributed by atoms with E-state index in [4.69, 9.17) is 5.73 Å². The first-order valence-electron chi connectivity index (χ1n) is 4.81. The van der Waals surface area contributed by atoms with E-state index in [2.05, 4.69) is 29.1 Å². The average Bonchev–Trinajstić information content (AvgIpc) is 2.61. The lowest BCUT2D eigenvalue weighted by molar-refractivity contribution is 0.714. The lowest BCUT2D eigenvalue weighted by Crippen LogP contribution is -2.05. The molecule has 0 unspecified atom stereocenters. The van der Waals surface area contributed by atoms with Gasteiger partial charge in [-0.2, -0.15) is 0 Å². The second-order valence-electron chi connectivity index (χ2n) is 3.64. The smallest absolute Gasteiger partial charge is 0.169 e. The summed E-state index contributed by atoms with van der Waals surface area (Å²) in [5, 5.41) is 7.89. The highest BCUT2D eigenvalue weighted by Gasteiger charge is 2.14. The number of rotatable bonds is 2. The van der Waals surface area contributed by atoms with Crippen molar-refractivity contribution >= 4 is 5.82 Å². The van der Waals surface area contributed by atoms with Gasteiger partial charge in [-0.15, -0.1) is 5.10 Å². The molecule has 5 heteroatoms. The fourth-order valence-electron chi connectivity index (χ4n) is 1.51. The number of nitrogen functional groups attached to an aromatic ring is 1. The van der Waals surface area contributed by atoms with Crippen molar-refractivity contribution in [2.24, 2.45) is 0 Å². The van der Waals surface area contributed by atoms with Crippen LogP contribution in [0.2, 0.25) is 0 Å². The lowest BCUT2D eigenvalue weighted by Gasteiger charge is -2.08. The highest BCUT2D eigenvalue weighted by Crippen LogP contribution is 2.21. The minimum absolute atomic E-state index is 0.278. The van der Waals surface area contributed by atoms with E-state index < -0.39 is 0 Å². The molecule has 0 saturated carbocycles. The zero-order chi connectivity index (χ0) is 10.8. The van der Waals surface area contributed by atoms with E-state index >= 15 is 0 Å². The lowest BCUT2D eigenvalue weighted by atomic mass is 10.1. The summed E-state index contributed by atoms with van der Waals surface area (Å²) in [6.45, 7) is 4.11. The first kappa shape index (κ1) is 9.64. The molecule has 0 saturated heterocycles. The number of aromatic nitrogens is 4. The molecule has 2 aromatic rings. The van der Waals surface area contributed by atoms with E-state index in [-0.39, 0.29) is 5.92 Å². The Morgan fingerprint density at radius 1 is 1.40 bits per heavy atom. The highest BCUT2D eigenvalue weighted by atomic mass is 15.4. The Bertz CT molecular complexity index is 446. The summed E-state index contributed by atoms with van der Waals surface area (Å²) in [4.78, 5) is 4.04. The average molecular weight is 203 g/mol. The van der Waals surface area contributed by atoms with Crippen molar-refractivity contribution in [2.45, 2.75) is 19.8 Å². The zero-order valence-corrected chi connectivity index (χ0v) is 8.75. The molecule has 0 aliphatic rings. The van der Waals surface area contributed by atoms with Gasteiger partial charge in [-0.05, 0) is 18.1 Å². The Hall–Kier alpha value is -1.91. The summed E-state index contributed by atoms with van der Waals surface area (Å²) in [5.41, 5.74) is 7.56. The maximum absolute atomic E-state index is 5.76. The Morgan fingerprint density at radius 2 is 2.20 bits per heavy atom. The van der Waals surface area contributed by atoms with E-state index in [9.17, 15) is 0 Å². The van der Waals surface area contributed by atoms with Crippen molar-refractivity contribution < 1.29 is 0 Å². The predicted octanol–water partition coefficient (Wildman–Crippen LogP) is 1.37. The monoisotopic (exact) mass is 203 g/mol. The standard InChI is InChI=1S/C10H13N5/c1-7(2)9-10(11)13-14-15(9)8-4-3-5-12-6-8/h3-7H,11H2,1-2H3. The van der Waals surface area contributed by atoms with Crippen molar-refractivity contribution in [3.63, 3.8) is 0 Å². The fourth-order valence-corrected chi connectivity index (χ4v) is 1.51. The van der Waals surface area contributed by atoms with Crippen LogP contribution in [-0.2, 0) is 0 Å². The van der Waals surface area contributed by atoms with Gasteiger partial charge in [0, 0.05) is 6.20 Å². The maximum atomic E-state index is 5.76. The highest BCUT2D eigenvalue weighted by molar-refractivity contribution is 5.41. The van der Waals surface area contributed by atoms with E-state index in [1.54, 1.807) is 17.1 Å². The maximum Gasteiger partial charge on any atom is 0.169 e. The van der Waals surface area contributed by atoms with E-state index in [1.165, 1.54) is 0 Å². The normalized spacial score (nSPS) is 10.9. The van der Waals surface area contributed by atoms with Gasteiger partial charge in [0.15, 0.2) is 5.82 Å². The molecule has 0 amide bonds. The molecular weight excluding hydrogens is 190 g/mol. The number of nitrogens with zero attached hydrogens (tertiary/aromatic N) is 4. The van der Waals surface area contributed by atoms with Gasteiger partial charge >= 0.3 is 0 Å². The summed E-state index contributed by atoms with van der Waals surface area (Å²) >= 11 is 0. The van der Waals surface area contributed by atoms with Crippen LogP contribution in [0.1, 0.15) is 25.5 Å². The molecule has 78 valence electrons. The van der Waals surface area contributed by atoms with E-state index in [0.717, 1.165) is 11.4 Å². The first-order valence-corrected chi connectivity index (χ1v) is 4.81. The predicted molar refractivity (Wildman–Crippen MR) is 57.7 cm³/mol. The molecular formula is C10H13N5. The SMILES string of the molecule is CC(C)c1c(N)nnn1-c1cccnc1. The summed E-state index contributed by atoms with van der Waals surface area (Å²) in [7, 11) is 0. The van der Waals surface area contributed by atoms with Crippen molar-refractivity contribution in [3.8, 4) is 5.69 Å². The third-order valence-electron chi connectivity index (χ3n) is 2.17. The third-order valence-corrected chi connectivity index (χ3v) is 2.17. The largest absolute Gasteiger partial charge is 0.381 e. The summed E-state index contributed by atoms with van der Waals surface area (Å²) in [5.74, 6) is 0.758. The molecule has 0 aromatic carbocycles. The molecule has 2 heterocycles. The molecule has 15 heavy (non-hydrogen) atoms. The fraction of sp³-hybridized carbons (Fsp3) is 0.300. The second kappa shape index (κ2) is 3.68. The first-order chi connectivity index (χ1) is 7.20. The quantitative estimate of drug-likeness (QED) is 0.800. The van der Waals surface area contributed by atoms with Gasteiger partial charge in [0.25, 0.3) is 0 Å². The second-order valence-corrected chi connectivity index (χ2v) is 3.64. The summed E-state index contributed by atoms with van der Waals surface area (Å²) in [6.07, 6.45) is 3.46. The Balaban J connectivity index is 2.54.